The van der Waals surface area contributed by atoms with Gasteiger partial charge in [0.05, 0.1) is 22.1 Å². The number of nitrogens with zero attached hydrogens (tertiary/aromatic N) is 1. The molecule has 0 saturated heterocycles. The van der Waals surface area contributed by atoms with E-state index in [2.05, 4.69) is 10.3 Å². The normalized spacial score (nSPS) is 11.5. The fraction of sp³-hybridized carbons (Fsp3) is 0.375. The van der Waals surface area contributed by atoms with E-state index >= 15 is 0 Å². The lowest BCUT2D eigenvalue weighted by Gasteiger charge is -2.14. The van der Waals surface area contributed by atoms with E-state index in [1.807, 2.05) is 19.9 Å². The fourth-order valence-electron chi connectivity index (χ4n) is 1.79. The van der Waals surface area contributed by atoms with Crippen molar-refractivity contribution in [3.63, 3.8) is 0 Å². The molecule has 0 aliphatic heterocycles. The SMILES string of the molecule is CC(C)Oc1ccccc1C(=O)Nc1ncc(C(C)(C)O)s1. The van der Waals surface area contributed by atoms with Crippen molar-refractivity contribution in [3.05, 3.63) is 40.9 Å². The summed E-state index contributed by atoms with van der Waals surface area (Å²) in [5.74, 6) is 0.252. The number of amides is 1. The summed E-state index contributed by atoms with van der Waals surface area (Å²) >= 11 is 1.25. The Labute approximate surface area is 134 Å². The van der Waals surface area contributed by atoms with Gasteiger partial charge in [-0.2, -0.15) is 0 Å². The number of ether oxygens (including phenoxy) is 1. The molecule has 0 radical (unpaired) electrons. The molecular formula is C16H20N2O3S. The molecule has 6 heteroatoms. The third kappa shape index (κ3) is 4.05. The minimum absolute atomic E-state index is 0.0180. The van der Waals surface area contributed by atoms with Crippen LogP contribution >= 0.6 is 11.3 Å². The monoisotopic (exact) mass is 320 g/mol. The molecule has 0 spiro atoms. The number of benzene rings is 1. The van der Waals surface area contributed by atoms with Gasteiger partial charge in [-0.05, 0) is 39.8 Å². The van der Waals surface area contributed by atoms with Gasteiger partial charge in [-0.25, -0.2) is 4.98 Å². The first-order chi connectivity index (χ1) is 10.3. The molecule has 2 N–H and O–H groups in total. The van der Waals surface area contributed by atoms with E-state index < -0.39 is 5.60 Å². The van der Waals surface area contributed by atoms with Crippen LogP contribution in [0.25, 0.3) is 0 Å². The first-order valence-corrected chi connectivity index (χ1v) is 7.84. The highest BCUT2D eigenvalue weighted by molar-refractivity contribution is 7.15. The largest absolute Gasteiger partial charge is 0.490 e. The minimum Gasteiger partial charge on any atom is -0.490 e. The number of rotatable bonds is 5. The summed E-state index contributed by atoms with van der Waals surface area (Å²) in [6.45, 7) is 7.17. The Morgan fingerprint density at radius 3 is 2.64 bits per heavy atom. The minimum atomic E-state index is -0.973. The highest BCUT2D eigenvalue weighted by Crippen LogP contribution is 2.29. The van der Waals surface area contributed by atoms with E-state index in [4.69, 9.17) is 4.74 Å². The Balaban J connectivity index is 2.18. The number of para-hydroxylation sites is 1. The van der Waals surface area contributed by atoms with Crippen LogP contribution in [0.1, 0.15) is 42.9 Å². The molecule has 5 nitrogen and oxygen atoms in total. The maximum absolute atomic E-state index is 12.4. The van der Waals surface area contributed by atoms with E-state index in [-0.39, 0.29) is 12.0 Å². The second kappa shape index (κ2) is 6.46. The zero-order valence-corrected chi connectivity index (χ0v) is 13.9. The van der Waals surface area contributed by atoms with Gasteiger partial charge in [0.15, 0.2) is 5.13 Å². The third-order valence-corrected chi connectivity index (χ3v) is 4.05. The smallest absolute Gasteiger partial charge is 0.261 e. The van der Waals surface area contributed by atoms with Crippen LogP contribution in [0.15, 0.2) is 30.5 Å². The topological polar surface area (TPSA) is 71.5 Å². The average molecular weight is 320 g/mol. The van der Waals surface area contributed by atoms with Crippen molar-refractivity contribution in [2.75, 3.05) is 5.32 Å². The first kappa shape index (κ1) is 16.5. The van der Waals surface area contributed by atoms with Crippen molar-refractivity contribution in [1.82, 2.24) is 4.98 Å². The number of hydrogen-bond donors (Lipinski definition) is 2. The average Bonchev–Trinajstić information content (AvgIpc) is 2.87. The predicted molar refractivity (Wildman–Crippen MR) is 87.5 cm³/mol. The molecule has 1 aromatic carbocycles. The standard InChI is InChI=1S/C16H20N2O3S/c1-10(2)21-12-8-6-5-7-11(12)14(19)18-15-17-9-13(22-15)16(3,4)20/h5-10,20H,1-4H3,(H,17,18,19). The predicted octanol–water partition coefficient (Wildman–Crippen LogP) is 3.41. The maximum Gasteiger partial charge on any atom is 0.261 e. The van der Waals surface area contributed by atoms with Gasteiger partial charge in [-0.1, -0.05) is 23.5 Å². The number of aliphatic hydroxyl groups is 1. The van der Waals surface area contributed by atoms with Crippen molar-refractivity contribution >= 4 is 22.4 Å². The second-order valence-electron chi connectivity index (χ2n) is 5.71. The van der Waals surface area contributed by atoms with Crippen LogP contribution in [0.4, 0.5) is 5.13 Å². The first-order valence-electron chi connectivity index (χ1n) is 7.03. The Bertz CT molecular complexity index is 659. The van der Waals surface area contributed by atoms with Gasteiger partial charge in [-0.15, -0.1) is 0 Å². The van der Waals surface area contributed by atoms with Gasteiger partial charge in [0.25, 0.3) is 5.91 Å². The Kier molecular flexibility index (Phi) is 4.83. The molecule has 2 rings (SSSR count). The van der Waals surface area contributed by atoms with E-state index in [1.54, 1.807) is 38.2 Å². The summed E-state index contributed by atoms with van der Waals surface area (Å²) in [6, 6.07) is 7.08. The quantitative estimate of drug-likeness (QED) is 0.885. The summed E-state index contributed by atoms with van der Waals surface area (Å²) in [6.07, 6.45) is 1.55. The van der Waals surface area contributed by atoms with Gasteiger partial charge in [-0.3, -0.25) is 10.1 Å². The number of aromatic nitrogens is 1. The summed E-state index contributed by atoms with van der Waals surface area (Å²) < 4.78 is 5.65. The number of carbonyl (C=O) groups is 1. The lowest BCUT2D eigenvalue weighted by molar-refractivity contribution is 0.0823. The van der Waals surface area contributed by atoms with Gasteiger partial charge in [0.2, 0.25) is 0 Å². The van der Waals surface area contributed by atoms with Crippen molar-refractivity contribution in [1.29, 1.82) is 0 Å². The van der Waals surface area contributed by atoms with E-state index in [1.165, 1.54) is 11.3 Å². The molecule has 1 aromatic heterocycles. The van der Waals surface area contributed by atoms with Crippen molar-refractivity contribution in [3.8, 4) is 5.75 Å². The van der Waals surface area contributed by atoms with Crippen LogP contribution in [-0.4, -0.2) is 22.1 Å². The van der Waals surface area contributed by atoms with Crippen molar-refractivity contribution < 1.29 is 14.6 Å². The fourth-order valence-corrected chi connectivity index (χ4v) is 2.60. The Morgan fingerprint density at radius 1 is 1.36 bits per heavy atom. The maximum atomic E-state index is 12.4. The summed E-state index contributed by atoms with van der Waals surface area (Å²) in [5, 5.41) is 13.1. The molecule has 1 heterocycles. The van der Waals surface area contributed by atoms with Gasteiger partial charge >= 0.3 is 0 Å². The van der Waals surface area contributed by atoms with Crippen LogP contribution < -0.4 is 10.1 Å². The van der Waals surface area contributed by atoms with Crippen molar-refractivity contribution in [2.24, 2.45) is 0 Å². The molecule has 0 unspecified atom stereocenters. The molecule has 0 aliphatic carbocycles. The highest BCUT2D eigenvalue weighted by atomic mass is 32.1. The van der Waals surface area contributed by atoms with E-state index in [0.29, 0.717) is 21.3 Å². The van der Waals surface area contributed by atoms with Crippen LogP contribution in [-0.2, 0) is 5.60 Å². The zero-order valence-electron chi connectivity index (χ0n) is 13.1. The molecule has 1 amide bonds. The molecule has 0 saturated carbocycles. The Morgan fingerprint density at radius 2 is 2.05 bits per heavy atom. The molecule has 22 heavy (non-hydrogen) atoms. The lowest BCUT2D eigenvalue weighted by atomic mass is 10.1. The van der Waals surface area contributed by atoms with Crippen LogP contribution in [0.3, 0.4) is 0 Å². The van der Waals surface area contributed by atoms with Crippen LogP contribution in [0.2, 0.25) is 0 Å². The number of anilines is 1. The number of carbonyl (C=O) groups excluding carboxylic acids is 1. The van der Waals surface area contributed by atoms with Crippen molar-refractivity contribution in [2.45, 2.75) is 39.4 Å². The molecule has 118 valence electrons. The van der Waals surface area contributed by atoms with Gasteiger partial charge in [0.1, 0.15) is 5.75 Å². The number of thiazole rings is 1. The Hall–Kier alpha value is -1.92. The molecule has 2 aromatic rings. The third-order valence-electron chi connectivity index (χ3n) is 2.82. The molecule has 0 fully saturated rings. The molecule has 0 atom stereocenters. The highest BCUT2D eigenvalue weighted by Gasteiger charge is 2.21. The lowest BCUT2D eigenvalue weighted by Crippen LogP contribution is -2.15. The van der Waals surface area contributed by atoms with Gasteiger partial charge < -0.3 is 9.84 Å². The summed E-state index contributed by atoms with van der Waals surface area (Å²) in [5.41, 5.74) is -0.518. The van der Waals surface area contributed by atoms with Gasteiger partial charge in [0, 0.05) is 6.20 Å². The number of hydrogen-bond acceptors (Lipinski definition) is 5. The summed E-state index contributed by atoms with van der Waals surface area (Å²) in [4.78, 5) is 17.2. The van der Waals surface area contributed by atoms with Crippen LogP contribution in [0.5, 0.6) is 5.75 Å². The molecule has 0 aliphatic rings. The second-order valence-corrected chi connectivity index (χ2v) is 6.74. The van der Waals surface area contributed by atoms with Crippen LogP contribution in [0, 0.1) is 0 Å². The zero-order chi connectivity index (χ0) is 16.3. The van der Waals surface area contributed by atoms with E-state index in [9.17, 15) is 9.90 Å². The number of nitrogens with one attached hydrogen (secondary N) is 1. The van der Waals surface area contributed by atoms with E-state index in [0.717, 1.165) is 0 Å². The summed E-state index contributed by atoms with van der Waals surface area (Å²) in [7, 11) is 0. The molecular weight excluding hydrogens is 300 g/mol. The molecule has 0 bridgehead atoms.